The third-order valence-electron chi connectivity index (χ3n) is 6.34. The zero-order valence-electron chi connectivity index (χ0n) is 14.4. The molecule has 1 saturated heterocycles. The van der Waals surface area contributed by atoms with Gasteiger partial charge < -0.3 is 4.90 Å². The first-order valence-electron chi connectivity index (χ1n) is 9.42. The molecule has 2 saturated carbocycles. The number of ketones is 1. The summed E-state index contributed by atoms with van der Waals surface area (Å²) in [6.45, 7) is 0.630. The van der Waals surface area contributed by atoms with E-state index in [1.807, 2.05) is 0 Å². The summed E-state index contributed by atoms with van der Waals surface area (Å²) in [7, 11) is 0. The van der Waals surface area contributed by atoms with Crippen molar-refractivity contribution in [3.8, 4) is 0 Å². The summed E-state index contributed by atoms with van der Waals surface area (Å²) in [4.78, 5) is 27.3. The van der Waals surface area contributed by atoms with E-state index in [1.54, 1.807) is 17.0 Å². The van der Waals surface area contributed by atoms with Crippen LogP contribution >= 0.6 is 22.9 Å². The fraction of sp³-hybridized carbons (Fsp3) is 0.684. The van der Waals surface area contributed by atoms with E-state index in [4.69, 9.17) is 11.6 Å². The molecule has 4 atom stereocenters. The molecule has 1 aromatic heterocycles. The van der Waals surface area contributed by atoms with E-state index in [0.717, 1.165) is 18.3 Å². The molecule has 6 heteroatoms. The van der Waals surface area contributed by atoms with Gasteiger partial charge in [-0.25, -0.2) is 0 Å². The van der Waals surface area contributed by atoms with Crippen LogP contribution in [-0.4, -0.2) is 35.8 Å². The van der Waals surface area contributed by atoms with Crippen molar-refractivity contribution in [1.29, 1.82) is 0 Å². The predicted octanol–water partition coefficient (Wildman–Crippen LogP) is 3.95. The Bertz CT molecular complexity index is 662. The highest BCUT2D eigenvalue weighted by Gasteiger charge is 2.41. The standard InChI is InChI=1S/C19H25ClN2O2S/c20-18-8-7-17(25-18)16(23)10-22-11-21-15(19(22)24)9-13-6-5-12-3-1-2-4-14(12)13/h7-8,12-15,21H,1-6,9-11H2/t12?,13?,14?,15-/m0/s1. The molecule has 3 fully saturated rings. The molecule has 0 spiro atoms. The van der Waals surface area contributed by atoms with Gasteiger partial charge in [0.25, 0.3) is 0 Å². The Kier molecular flexibility index (Phi) is 5.16. The zero-order chi connectivity index (χ0) is 17.4. The lowest BCUT2D eigenvalue weighted by Gasteiger charge is -2.30. The van der Waals surface area contributed by atoms with Crippen LogP contribution < -0.4 is 5.32 Å². The molecule has 2 aliphatic carbocycles. The molecule has 2 heterocycles. The summed E-state index contributed by atoms with van der Waals surface area (Å²) in [5.74, 6) is 2.47. The van der Waals surface area contributed by atoms with Crippen LogP contribution in [-0.2, 0) is 4.79 Å². The van der Waals surface area contributed by atoms with Crippen molar-refractivity contribution in [2.75, 3.05) is 13.2 Å². The Hall–Kier alpha value is -0.910. The maximum atomic E-state index is 12.7. The Morgan fingerprint density at radius 2 is 2.08 bits per heavy atom. The molecular weight excluding hydrogens is 356 g/mol. The van der Waals surface area contributed by atoms with E-state index < -0.39 is 0 Å². The summed E-state index contributed by atoms with van der Waals surface area (Å²) < 4.78 is 0.607. The second-order valence-corrected chi connectivity index (χ2v) is 9.47. The fourth-order valence-corrected chi connectivity index (χ4v) is 6.07. The monoisotopic (exact) mass is 380 g/mol. The molecule has 0 aromatic carbocycles. The first kappa shape index (κ1) is 17.5. The summed E-state index contributed by atoms with van der Waals surface area (Å²) in [6, 6.07) is 3.36. The van der Waals surface area contributed by atoms with Gasteiger partial charge in [-0.1, -0.05) is 30.9 Å². The predicted molar refractivity (Wildman–Crippen MR) is 100.0 cm³/mol. The van der Waals surface area contributed by atoms with Crippen molar-refractivity contribution in [1.82, 2.24) is 10.2 Å². The van der Waals surface area contributed by atoms with E-state index in [9.17, 15) is 9.59 Å². The van der Waals surface area contributed by atoms with Crippen LogP contribution in [0.2, 0.25) is 4.34 Å². The van der Waals surface area contributed by atoms with Crippen LogP contribution in [0.5, 0.6) is 0 Å². The van der Waals surface area contributed by atoms with Gasteiger partial charge in [0.2, 0.25) is 5.91 Å². The van der Waals surface area contributed by atoms with Crippen LogP contribution in [0.25, 0.3) is 0 Å². The van der Waals surface area contributed by atoms with Crippen LogP contribution in [0.4, 0.5) is 0 Å². The molecule has 1 N–H and O–H groups in total. The molecule has 1 aromatic rings. The summed E-state index contributed by atoms with van der Waals surface area (Å²) in [5, 5.41) is 3.34. The van der Waals surface area contributed by atoms with Gasteiger partial charge in [-0.15, -0.1) is 11.3 Å². The third kappa shape index (κ3) is 3.64. The van der Waals surface area contributed by atoms with E-state index in [1.165, 1.54) is 49.9 Å². The first-order chi connectivity index (χ1) is 12.1. The van der Waals surface area contributed by atoms with Gasteiger partial charge in [0.05, 0.1) is 28.5 Å². The van der Waals surface area contributed by atoms with E-state index >= 15 is 0 Å². The van der Waals surface area contributed by atoms with Crippen LogP contribution in [0.3, 0.4) is 0 Å². The van der Waals surface area contributed by atoms with Crippen molar-refractivity contribution >= 4 is 34.6 Å². The highest BCUT2D eigenvalue weighted by atomic mass is 35.5. The first-order valence-corrected chi connectivity index (χ1v) is 10.6. The number of halogens is 1. The SMILES string of the molecule is O=C(CN1CN[C@@H](CC2CCC3CCCCC32)C1=O)c1ccc(Cl)s1. The molecule has 0 radical (unpaired) electrons. The van der Waals surface area contributed by atoms with Crippen molar-refractivity contribution in [2.45, 2.75) is 51.0 Å². The highest BCUT2D eigenvalue weighted by Crippen LogP contribution is 2.47. The molecule has 4 rings (SSSR count). The minimum Gasteiger partial charge on any atom is -0.321 e. The van der Waals surface area contributed by atoms with Gasteiger partial charge in [0, 0.05) is 0 Å². The van der Waals surface area contributed by atoms with Gasteiger partial charge in [-0.2, -0.15) is 0 Å². The molecule has 25 heavy (non-hydrogen) atoms. The second kappa shape index (κ2) is 7.37. The van der Waals surface area contributed by atoms with Crippen molar-refractivity contribution in [2.24, 2.45) is 17.8 Å². The topological polar surface area (TPSA) is 49.4 Å². The van der Waals surface area contributed by atoms with Gasteiger partial charge >= 0.3 is 0 Å². The van der Waals surface area contributed by atoms with Crippen LogP contribution in [0.15, 0.2) is 12.1 Å². The third-order valence-corrected chi connectivity index (χ3v) is 7.61. The summed E-state index contributed by atoms with van der Waals surface area (Å²) in [6.07, 6.45) is 9.03. The van der Waals surface area contributed by atoms with Gasteiger partial charge in [-0.3, -0.25) is 14.9 Å². The lowest BCUT2D eigenvalue weighted by molar-refractivity contribution is -0.128. The smallest absolute Gasteiger partial charge is 0.241 e. The van der Waals surface area contributed by atoms with E-state index in [0.29, 0.717) is 21.8 Å². The maximum Gasteiger partial charge on any atom is 0.241 e. The second-order valence-electron chi connectivity index (χ2n) is 7.76. The normalized spacial score (nSPS) is 32.2. The van der Waals surface area contributed by atoms with Crippen molar-refractivity contribution in [3.63, 3.8) is 0 Å². The van der Waals surface area contributed by atoms with Crippen molar-refractivity contribution < 1.29 is 9.59 Å². The summed E-state index contributed by atoms with van der Waals surface area (Å²) in [5.41, 5.74) is 0. The molecule has 136 valence electrons. The number of fused-ring (bicyclic) bond motifs is 1. The quantitative estimate of drug-likeness (QED) is 0.787. The molecular formula is C19H25ClN2O2S. The molecule has 3 aliphatic rings. The molecule has 1 amide bonds. The Morgan fingerprint density at radius 3 is 2.88 bits per heavy atom. The van der Waals surface area contributed by atoms with Gasteiger partial charge in [0.1, 0.15) is 0 Å². The molecule has 1 aliphatic heterocycles. The molecule has 4 nitrogen and oxygen atoms in total. The lowest BCUT2D eigenvalue weighted by atomic mass is 9.76. The van der Waals surface area contributed by atoms with E-state index in [2.05, 4.69) is 5.32 Å². The molecule has 3 unspecified atom stereocenters. The largest absolute Gasteiger partial charge is 0.321 e. The van der Waals surface area contributed by atoms with Gasteiger partial charge in [0.15, 0.2) is 5.78 Å². The van der Waals surface area contributed by atoms with Crippen molar-refractivity contribution in [3.05, 3.63) is 21.3 Å². The number of Topliss-reactive ketones (excluding diaryl/α,β-unsaturated/α-hetero) is 1. The average molecular weight is 381 g/mol. The highest BCUT2D eigenvalue weighted by molar-refractivity contribution is 7.18. The Morgan fingerprint density at radius 1 is 1.24 bits per heavy atom. The number of hydrogen-bond acceptors (Lipinski definition) is 4. The number of nitrogens with zero attached hydrogens (tertiary/aromatic N) is 1. The van der Waals surface area contributed by atoms with Crippen LogP contribution in [0, 0.1) is 17.8 Å². The Balaban J connectivity index is 1.33. The number of carbonyl (C=O) groups is 2. The zero-order valence-corrected chi connectivity index (χ0v) is 16.0. The fourth-order valence-electron chi connectivity index (χ4n) is 5.09. The van der Waals surface area contributed by atoms with Gasteiger partial charge in [-0.05, 0) is 55.6 Å². The Labute approximate surface area is 157 Å². The number of hydrogen-bond donors (Lipinski definition) is 1. The minimum absolute atomic E-state index is 0.0269. The minimum atomic E-state index is -0.106. The number of nitrogens with one attached hydrogen (secondary N) is 1. The number of amides is 1. The summed E-state index contributed by atoms with van der Waals surface area (Å²) >= 11 is 7.17. The van der Waals surface area contributed by atoms with Crippen LogP contribution in [0.1, 0.15) is 54.6 Å². The van der Waals surface area contributed by atoms with E-state index in [-0.39, 0.29) is 24.3 Å². The maximum absolute atomic E-state index is 12.7. The number of thiophene rings is 1. The average Bonchev–Trinajstić information content (AvgIpc) is 3.31. The lowest BCUT2D eigenvalue weighted by Crippen LogP contribution is -2.35. The number of carbonyl (C=O) groups excluding carboxylic acids is 2. The number of rotatable bonds is 5. The molecule has 0 bridgehead atoms.